The fourth-order valence-corrected chi connectivity index (χ4v) is 3.15. The average Bonchev–Trinajstić information content (AvgIpc) is 2.34. The Morgan fingerprint density at radius 1 is 0.562 bits per heavy atom. The number of hydrogen-bond donors (Lipinski definition) is 2. The quantitative estimate of drug-likeness (QED) is 0.724. The lowest BCUT2D eigenvalue weighted by Gasteiger charge is -2.35. The van der Waals surface area contributed by atoms with Crippen molar-refractivity contribution in [3.05, 3.63) is 0 Å². The molecule has 96 valence electrons. The Hall–Kier alpha value is -0.0800. The normalized spacial score (nSPS) is 39.8. The van der Waals surface area contributed by atoms with Crippen molar-refractivity contribution in [2.45, 2.75) is 77.4 Å². The Kier molecular flexibility index (Phi) is 6.37. The molecule has 2 aliphatic carbocycles. The van der Waals surface area contributed by atoms with Gasteiger partial charge in [0.15, 0.2) is 0 Å². The molecule has 16 heavy (non-hydrogen) atoms. The first kappa shape index (κ1) is 14.0. The molecule has 0 radical (unpaired) electrons. The molecule has 2 rings (SSSR count). The fraction of sp³-hybridized carbons (Fsp3) is 1.00. The predicted octanol–water partition coefficient (Wildman–Crippen LogP) is 3.11. The van der Waals surface area contributed by atoms with Crippen LogP contribution in [0.2, 0.25) is 0 Å². The zero-order valence-corrected chi connectivity index (χ0v) is 10.9. The number of aliphatic hydroxyl groups is 2. The summed E-state index contributed by atoms with van der Waals surface area (Å²) in [5.41, 5.74) is 0. The molecular formula is C14H28O2. The Morgan fingerprint density at radius 3 is 1.06 bits per heavy atom. The van der Waals surface area contributed by atoms with Gasteiger partial charge in [-0.25, -0.2) is 0 Å². The predicted molar refractivity (Wildman–Crippen MR) is 67.3 cm³/mol. The van der Waals surface area contributed by atoms with Gasteiger partial charge in [-0.1, -0.05) is 13.8 Å². The summed E-state index contributed by atoms with van der Waals surface area (Å²) in [6, 6.07) is 0. The Balaban J connectivity index is 0.000000606. The molecule has 2 N–H and O–H groups in total. The Morgan fingerprint density at radius 2 is 0.812 bits per heavy atom. The maximum absolute atomic E-state index is 9.43. The van der Waals surface area contributed by atoms with Crippen molar-refractivity contribution in [1.29, 1.82) is 0 Å². The van der Waals surface area contributed by atoms with Crippen molar-refractivity contribution in [2.75, 3.05) is 0 Å². The van der Waals surface area contributed by atoms with Crippen LogP contribution in [-0.2, 0) is 0 Å². The summed E-state index contributed by atoms with van der Waals surface area (Å²) in [6.07, 6.45) is 8.80. The minimum Gasteiger partial charge on any atom is -0.393 e. The molecular weight excluding hydrogens is 200 g/mol. The van der Waals surface area contributed by atoms with Crippen molar-refractivity contribution < 1.29 is 10.2 Å². The number of hydrogen-bond acceptors (Lipinski definition) is 2. The van der Waals surface area contributed by atoms with Crippen LogP contribution in [0, 0.1) is 11.8 Å². The monoisotopic (exact) mass is 228 g/mol. The molecule has 0 unspecified atom stereocenters. The third-order valence-electron chi connectivity index (χ3n) is 4.15. The van der Waals surface area contributed by atoms with Crippen molar-refractivity contribution in [1.82, 2.24) is 0 Å². The second-order valence-electron chi connectivity index (χ2n) is 5.14. The molecule has 0 spiro atoms. The lowest BCUT2D eigenvalue weighted by atomic mass is 9.72. The van der Waals surface area contributed by atoms with Crippen LogP contribution in [0.3, 0.4) is 0 Å². The van der Waals surface area contributed by atoms with Crippen LogP contribution in [0.1, 0.15) is 65.2 Å². The lowest BCUT2D eigenvalue weighted by molar-refractivity contribution is 0.0543. The Labute approximate surface area is 100 Å². The summed E-state index contributed by atoms with van der Waals surface area (Å²) >= 11 is 0. The standard InChI is InChI=1S/C12H22O2.C2H6/c13-11-5-1-9(2-6-11)10-3-7-12(14)8-4-10;1-2/h9-14H,1-8H2;1-2H3. The highest BCUT2D eigenvalue weighted by molar-refractivity contribution is 4.81. The van der Waals surface area contributed by atoms with E-state index < -0.39 is 0 Å². The minimum atomic E-state index is -0.0274. The molecule has 2 nitrogen and oxygen atoms in total. The number of aliphatic hydroxyl groups excluding tert-OH is 2. The molecule has 2 heteroatoms. The van der Waals surface area contributed by atoms with Gasteiger partial charge in [-0.2, -0.15) is 0 Å². The maximum Gasteiger partial charge on any atom is 0.0540 e. The highest BCUT2D eigenvalue weighted by Gasteiger charge is 2.29. The summed E-state index contributed by atoms with van der Waals surface area (Å²) in [4.78, 5) is 0. The summed E-state index contributed by atoms with van der Waals surface area (Å²) < 4.78 is 0. The van der Waals surface area contributed by atoms with E-state index in [-0.39, 0.29) is 12.2 Å². The third-order valence-corrected chi connectivity index (χ3v) is 4.15. The molecule has 0 heterocycles. The van der Waals surface area contributed by atoms with Crippen LogP contribution < -0.4 is 0 Å². The molecule has 0 aromatic carbocycles. The third kappa shape index (κ3) is 4.06. The van der Waals surface area contributed by atoms with Gasteiger partial charge in [-0.15, -0.1) is 0 Å². The van der Waals surface area contributed by atoms with Crippen LogP contribution in [-0.4, -0.2) is 22.4 Å². The van der Waals surface area contributed by atoms with E-state index in [1.807, 2.05) is 13.8 Å². The van der Waals surface area contributed by atoms with E-state index in [1.54, 1.807) is 0 Å². The first-order valence-corrected chi connectivity index (χ1v) is 7.12. The molecule has 0 amide bonds. The van der Waals surface area contributed by atoms with Gasteiger partial charge in [-0.3, -0.25) is 0 Å². The molecule has 0 saturated heterocycles. The van der Waals surface area contributed by atoms with Gasteiger partial charge in [0.05, 0.1) is 12.2 Å². The molecule has 2 saturated carbocycles. The van der Waals surface area contributed by atoms with Crippen molar-refractivity contribution in [3.63, 3.8) is 0 Å². The van der Waals surface area contributed by atoms with Gasteiger partial charge in [0.25, 0.3) is 0 Å². The summed E-state index contributed by atoms with van der Waals surface area (Å²) in [5.74, 6) is 1.68. The minimum absolute atomic E-state index is 0.0274. The summed E-state index contributed by atoms with van der Waals surface area (Å²) in [7, 11) is 0. The summed E-state index contributed by atoms with van der Waals surface area (Å²) in [6.45, 7) is 4.00. The van der Waals surface area contributed by atoms with Crippen LogP contribution in [0.15, 0.2) is 0 Å². The molecule has 0 bridgehead atoms. The van der Waals surface area contributed by atoms with Crippen LogP contribution in [0.25, 0.3) is 0 Å². The first-order valence-electron chi connectivity index (χ1n) is 7.12. The van der Waals surface area contributed by atoms with Gasteiger partial charge >= 0.3 is 0 Å². The van der Waals surface area contributed by atoms with Crippen molar-refractivity contribution in [3.8, 4) is 0 Å². The van der Waals surface area contributed by atoms with Crippen LogP contribution in [0.5, 0.6) is 0 Å². The largest absolute Gasteiger partial charge is 0.393 e. The van der Waals surface area contributed by atoms with Gasteiger partial charge in [-0.05, 0) is 63.2 Å². The zero-order chi connectivity index (χ0) is 12.0. The second kappa shape index (κ2) is 7.29. The molecule has 0 aromatic heterocycles. The molecule has 2 aliphatic rings. The smallest absolute Gasteiger partial charge is 0.0540 e. The van der Waals surface area contributed by atoms with Crippen molar-refractivity contribution >= 4 is 0 Å². The van der Waals surface area contributed by atoms with E-state index in [1.165, 1.54) is 25.7 Å². The van der Waals surface area contributed by atoms with E-state index in [0.717, 1.165) is 37.5 Å². The highest BCUT2D eigenvalue weighted by atomic mass is 16.3. The maximum atomic E-state index is 9.43. The van der Waals surface area contributed by atoms with Gasteiger partial charge < -0.3 is 10.2 Å². The zero-order valence-electron chi connectivity index (χ0n) is 10.9. The van der Waals surface area contributed by atoms with Gasteiger partial charge in [0, 0.05) is 0 Å². The Bertz CT molecular complexity index is 146. The number of rotatable bonds is 1. The van der Waals surface area contributed by atoms with Crippen LogP contribution >= 0.6 is 0 Å². The summed E-state index contributed by atoms with van der Waals surface area (Å²) in [5, 5.41) is 18.9. The second-order valence-corrected chi connectivity index (χ2v) is 5.14. The molecule has 0 aliphatic heterocycles. The SMILES string of the molecule is CC.OC1CCC(C2CCC(O)CC2)CC1. The van der Waals surface area contributed by atoms with E-state index in [2.05, 4.69) is 0 Å². The molecule has 0 aromatic rings. The van der Waals surface area contributed by atoms with Crippen molar-refractivity contribution in [2.24, 2.45) is 11.8 Å². The average molecular weight is 228 g/mol. The molecule has 0 atom stereocenters. The van der Waals surface area contributed by atoms with Gasteiger partial charge in [0.2, 0.25) is 0 Å². The van der Waals surface area contributed by atoms with E-state index in [0.29, 0.717) is 0 Å². The highest BCUT2D eigenvalue weighted by Crippen LogP contribution is 2.38. The topological polar surface area (TPSA) is 40.5 Å². The van der Waals surface area contributed by atoms with Gasteiger partial charge in [0.1, 0.15) is 0 Å². The van der Waals surface area contributed by atoms with E-state index in [4.69, 9.17) is 0 Å². The van der Waals surface area contributed by atoms with E-state index in [9.17, 15) is 10.2 Å². The lowest BCUT2D eigenvalue weighted by Crippen LogP contribution is -2.28. The molecule has 2 fully saturated rings. The van der Waals surface area contributed by atoms with Crippen LogP contribution in [0.4, 0.5) is 0 Å². The van der Waals surface area contributed by atoms with E-state index >= 15 is 0 Å². The first-order chi connectivity index (χ1) is 7.75. The fourth-order valence-electron chi connectivity index (χ4n) is 3.15.